The normalized spacial score (nSPS) is 11.4. The summed E-state index contributed by atoms with van der Waals surface area (Å²) < 4.78 is 1.56. The van der Waals surface area contributed by atoms with Crippen molar-refractivity contribution in [2.24, 2.45) is 0 Å². The van der Waals surface area contributed by atoms with Crippen molar-refractivity contribution < 1.29 is 4.79 Å². The van der Waals surface area contributed by atoms with Crippen LogP contribution in [0.4, 0.5) is 5.82 Å². The van der Waals surface area contributed by atoms with Crippen LogP contribution >= 0.6 is 11.6 Å². The summed E-state index contributed by atoms with van der Waals surface area (Å²) in [6, 6.07) is 3.96. The predicted molar refractivity (Wildman–Crippen MR) is 96.2 cm³/mol. The third kappa shape index (κ3) is 4.06. The third-order valence-corrected chi connectivity index (χ3v) is 4.22. The van der Waals surface area contributed by atoms with E-state index in [2.05, 4.69) is 34.1 Å². The molecule has 0 aromatic carbocycles. The van der Waals surface area contributed by atoms with Crippen molar-refractivity contribution in [3.63, 3.8) is 0 Å². The van der Waals surface area contributed by atoms with Gasteiger partial charge in [0, 0.05) is 32.0 Å². The Morgan fingerprint density at radius 1 is 1.29 bits per heavy atom. The second-order valence-electron chi connectivity index (χ2n) is 6.04. The fourth-order valence-corrected chi connectivity index (χ4v) is 2.50. The number of aromatic nitrogens is 3. The van der Waals surface area contributed by atoms with E-state index in [1.54, 1.807) is 30.9 Å². The Labute approximate surface area is 147 Å². The lowest BCUT2D eigenvalue weighted by molar-refractivity contribution is -0.129. The van der Waals surface area contributed by atoms with Crippen molar-refractivity contribution in [2.45, 2.75) is 39.8 Å². The molecule has 2 heterocycles. The minimum absolute atomic E-state index is 0.130. The maximum atomic E-state index is 12.5. The minimum atomic E-state index is -0.818. The number of carbonyl (C=O) groups excluding carboxylic acids is 1. The molecule has 0 spiro atoms. The first-order valence-corrected chi connectivity index (χ1v) is 8.45. The van der Waals surface area contributed by atoms with Crippen LogP contribution in [0.1, 0.15) is 33.3 Å². The van der Waals surface area contributed by atoms with Gasteiger partial charge in [-0.3, -0.25) is 9.48 Å². The van der Waals surface area contributed by atoms with Gasteiger partial charge < -0.3 is 10.2 Å². The zero-order chi connectivity index (χ0) is 17.7. The van der Waals surface area contributed by atoms with Gasteiger partial charge in [-0.2, -0.15) is 5.10 Å². The van der Waals surface area contributed by atoms with Gasteiger partial charge in [-0.05, 0) is 39.3 Å². The highest BCUT2D eigenvalue weighted by atomic mass is 35.5. The van der Waals surface area contributed by atoms with E-state index in [9.17, 15) is 4.79 Å². The van der Waals surface area contributed by atoms with Gasteiger partial charge in [0.25, 0.3) is 0 Å². The number of rotatable bonds is 7. The average Bonchev–Trinajstić information content (AvgIpc) is 3.02. The molecule has 0 atom stereocenters. The number of carbonyl (C=O) groups is 1. The van der Waals surface area contributed by atoms with Crippen molar-refractivity contribution in [3.8, 4) is 0 Å². The molecule has 7 heteroatoms. The summed E-state index contributed by atoms with van der Waals surface area (Å²) in [6.07, 6.45) is 4.96. The Morgan fingerprint density at radius 3 is 2.50 bits per heavy atom. The van der Waals surface area contributed by atoms with Crippen LogP contribution < -0.4 is 10.2 Å². The maximum absolute atomic E-state index is 12.5. The number of anilines is 1. The summed E-state index contributed by atoms with van der Waals surface area (Å²) in [7, 11) is 0. The number of halogens is 1. The van der Waals surface area contributed by atoms with Crippen LogP contribution in [0.15, 0.2) is 30.7 Å². The van der Waals surface area contributed by atoms with E-state index < -0.39 is 5.54 Å². The van der Waals surface area contributed by atoms with Crippen LogP contribution in [-0.2, 0) is 16.9 Å². The molecule has 24 heavy (non-hydrogen) atoms. The molecular formula is C17H24ClN5O. The topological polar surface area (TPSA) is 63.1 Å². The Balaban J connectivity index is 1.98. The van der Waals surface area contributed by atoms with Crippen LogP contribution in [0.5, 0.6) is 0 Å². The van der Waals surface area contributed by atoms with Gasteiger partial charge in [0.15, 0.2) is 0 Å². The summed E-state index contributed by atoms with van der Waals surface area (Å²) in [5.74, 6) is 0.816. The monoisotopic (exact) mass is 349 g/mol. The van der Waals surface area contributed by atoms with E-state index in [0.29, 0.717) is 11.6 Å². The van der Waals surface area contributed by atoms with Gasteiger partial charge in [0.1, 0.15) is 11.4 Å². The summed E-state index contributed by atoms with van der Waals surface area (Å²) in [5, 5.41) is 7.55. The molecule has 2 aromatic rings. The fraction of sp³-hybridized carbons (Fsp3) is 0.471. The van der Waals surface area contributed by atoms with Gasteiger partial charge in [0.2, 0.25) is 5.91 Å². The zero-order valence-electron chi connectivity index (χ0n) is 14.6. The molecule has 1 N–H and O–H groups in total. The van der Waals surface area contributed by atoms with Gasteiger partial charge >= 0.3 is 0 Å². The Morgan fingerprint density at radius 2 is 2.00 bits per heavy atom. The molecule has 0 fully saturated rings. The van der Waals surface area contributed by atoms with Crippen LogP contribution in [0.25, 0.3) is 0 Å². The molecule has 6 nitrogen and oxygen atoms in total. The first-order valence-electron chi connectivity index (χ1n) is 8.07. The number of hydrogen-bond acceptors (Lipinski definition) is 4. The van der Waals surface area contributed by atoms with E-state index in [1.165, 1.54) is 6.20 Å². The summed E-state index contributed by atoms with van der Waals surface area (Å²) in [5.41, 5.74) is 0.135. The second kappa shape index (κ2) is 7.66. The molecule has 0 unspecified atom stereocenters. The second-order valence-corrected chi connectivity index (χ2v) is 6.48. The van der Waals surface area contributed by atoms with Gasteiger partial charge in [-0.15, -0.1) is 0 Å². The van der Waals surface area contributed by atoms with Crippen LogP contribution in [0.2, 0.25) is 5.02 Å². The molecule has 2 rings (SSSR count). The summed E-state index contributed by atoms with van der Waals surface area (Å²) in [4.78, 5) is 19.1. The first kappa shape index (κ1) is 18.3. The molecule has 130 valence electrons. The standard InChI is InChI=1S/C17H24ClN5O/c1-5-22(6-2)15-8-7-13(9-19-15)10-20-16(24)17(3,4)23-12-14(18)11-21-23/h7-9,11-12H,5-6,10H2,1-4H3,(H,20,24). The molecular weight excluding hydrogens is 326 g/mol. The van der Waals surface area contributed by atoms with Crippen LogP contribution in [0.3, 0.4) is 0 Å². The number of amides is 1. The zero-order valence-corrected chi connectivity index (χ0v) is 15.3. The van der Waals surface area contributed by atoms with Crippen LogP contribution in [0, 0.1) is 0 Å². The van der Waals surface area contributed by atoms with Gasteiger partial charge in [-0.25, -0.2) is 4.98 Å². The van der Waals surface area contributed by atoms with Gasteiger partial charge in [-0.1, -0.05) is 17.7 Å². The highest BCUT2D eigenvalue weighted by Crippen LogP contribution is 2.18. The molecule has 0 aliphatic carbocycles. The van der Waals surface area contributed by atoms with E-state index >= 15 is 0 Å². The van der Waals surface area contributed by atoms with E-state index in [0.717, 1.165) is 24.5 Å². The number of hydrogen-bond donors (Lipinski definition) is 1. The fourth-order valence-electron chi connectivity index (χ4n) is 2.37. The predicted octanol–water partition coefficient (Wildman–Crippen LogP) is 2.83. The molecule has 0 radical (unpaired) electrons. The highest BCUT2D eigenvalue weighted by Gasteiger charge is 2.30. The molecule has 0 bridgehead atoms. The number of nitrogens with zero attached hydrogens (tertiary/aromatic N) is 4. The van der Waals surface area contributed by atoms with E-state index in [1.807, 2.05) is 12.1 Å². The lowest BCUT2D eigenvalue weighted by Crippen LogP contribution is -2.44. The quantitative estimate of drug-likeness (QED) is 0.834. The lowest BCUT2D eigenvalue weighted by atomic mass is 10.1. The Hall–Kier alpha value is -2.08. The summed E-state index contributed by atoms with van der Waals surface area (Å²) in [6.45, 7) is 10.1. The minimum Gasteiger partial charge on any atom is -0.357 e. The summed E-state index contributed by atoms with van der Waals surface area (Å²) >= 11 is 5.88. The van der Waals surface area contributed by atoms with Crippen molar-refractivity contribution in [1.82, 2.24) is 20.1 Å². The van der Waals surface area contributed by atoms with Gasteiger partial charge in [0.05, 0.1) is 11.2 Å². The molecule has 2 aromatic heterocycles. The molecule has 1 amide bonds. The highest BCUT2D eigenvalue weighted by molar-refractivity contribution is 6.30. The van der Waals surface area contributed by atoms with E-state index in [4.69, 9.17) is 11.6 Å². The molecule has 0 saturated carbocycles. The molecule has 0 saturated heterocycles. The van der Waals surface area contributed by atoms with Crippen molar-refractivity contribution in [3.05, 3.63) is 41.3 Å². The number of pyridine rings is 1. The Bertz CT molecular complexity index is 677. The largest absolute Gasteiger partial charge is 0.357 e. The first-order chi connectivity index (χ1) is 11.4. The SMILES string of the molecule is CCN(CC)c1ccc(CNC(=O)C(C)(C)n2cc(Cl)cn2)cn1. The lowest BCUT2D eigenvalue weighted by Gasteiger charge is -2.24. The van der Waals surface area contributed by atoms with Crippen molar-refractivity contribution in [1.29, 1.82) is 0 Å². The van der Waals surface area contributed by atoms with Crippen molar-refractivity contribution >= 4 is 23.3 Å². The third-order valence-electron chi connectivity index (χ3n) is 4.03. The maximum Gasteiger partial charge on any atom is 0.247 e. The smallest absolute Gasteiger partial charge is 0.247 e. The average molecular weight is 350 g/mol. The Kier molecular flexibility index (Phi) is 5.83. The number of nitrogens with one attached hydrogen (secondary N) is 1. The van der Waals surface area contributed by atoms with Crippen LogP contribution in [-0.4, -0.2) is 33.8 Å². The molecule has 0 aliphatic rings. The van der Waals surface area contributed by atoms with E-state index in [-0.39, 0.29) is 5.91 Å². The molecule has 0 aliphatic heterocycles. The van der Waals surface area contributed by atoms with Crippen molar-refractivity contribution in [2.75, 3.05) is 18.0 Å².